The van der Waals surface area contributed by atoms with E-state index in [0.717, 1.165) is 12.1 Å². The Morgan fingerprint density at radius 2 is 1.27 bits per heavy atom. The Morgan fingerprint density at radius 1 is 0.885 bits per heavy atom. The second-order valence-corrected chi connectivity index (χ2v) is 5.23. The first-order chi connectivity index (χ1) is 12.3. The van der Waals surface area contributed by atoms with E-state index in [4.69, 9.17) is 20.9 Å². The zero-order chi connectivity index (χ0) is 19.3. The van der Waals surface area contributed by atoms with Gasteiger partial charge in [-0.2, -0.15) is 0 Å². The quantitative estimate of drug-likeness (QED) is 0.355. The number of nitrogen functional groups attached to an aromatic ring is 2. The lowest BCUT2D eigenvalue weighted by Gasteiger charge is -2.15. The Bertz CT molecular complexity index is 760. The van der Waals surface area contributed by atoms with Gasteiger partial charge in [0.2, 0.25) is 0 Å². The van der Waals surface area contributed by atoms with Gasteiger partial charge in [-0.15, -0.1) is 0 Å². The zero-order valence-electron chi connectivity index (χ0n) is 13.4. The molecule has 138 valence electrons. The van der Waals surface area contributed by atoms with E-state index in [1.165, 1.54) is 24.3 Å². The first-order valence-electron chi connectivity index (χ1n) is 7.29. The summed E-state index contributed by atoms with van der Waals surface area (Å²) in [6, 6.07) is 7.38. The lowest BCUT2D eigenvalue weighted by Crippen LogP contribution is -2.25. The number of nitrogens with zero attached hydrogens (tertiary/aromatic N) is 2. The van der Waals surface area contributed by atoms with Crippen LogP contribution in [0.4, 0.5) is 22.7 Å². The highest BCUT2D eigenvalue weighted by atomic mass is 16.6. The number of anilines is 2. The molecule has 0 aliphatic carbocycles. The molecule has 0 spiro atoms. The standard InChI is InChI=1S/C15H16N4O7/c16-12-3-1-9(18(21)22)5-14(12)25-7-11(20)8-26-15-6-10(19(23)24)2-4-13(15)17/h1-6,11,20H,7-8,16-17H2. The lowest BCUT2D eigenvalue weighted by atomic mass is 10.2. The number of ether oxygens (including phenoxy) is 2. The van der Waals surface area contributed by atoms with Gasteiger partial charge in [-0.05, 0) is 12.1 Å². The van der Waals surface area contributed by atoms with Crippen LogP contribution in [0.1, 0.15) is 0 Å². The van der Waals surface area contributed by atoms with Gasteiger partial charge in [0.1, 0.15) is 30.8 Å². The van der Waals surface area contributed by atoms with Crippen molar-refractivity contribution >= 4 is 22.7 Å². The Labute approximate surface area is 147 Å². The smallest absolute Gasteiger partial charge is 0.273 e. The van der Waals surface area contributed by atoms with Crippen molar-refractivity contribution in [3.63, 3.8) is 0 Å². The number of non-ortho nitro benzene ring substituents is 2. The molecule has 0 heterocycles. The molecule has 0 aliphatic heterocycles. The molecule has 0 amide bonds. The molecule has 2 aromatic rings. The van der Waals surface area contributed by atoms with E-state index in [1.807, 2.05) is 0 Å². The molecule has 2 aromatic carbocycles. The summed E-state index contributed by atoms with van der Waals surface area (Å²) < 4.78 is 10.5. The summed E-state index contributed by atoms with van der Waals surface area (Å²) in [5, 5.41) is 31.4. The summed E-state index contributed by atoms with van der Waals surface area (Å²) in [6.07, 6.45) is -1.13. The molecule has 11 heteroatoms. The maximum absolute atomic E-state index is 10.7. The Kier molecular flexibility index (Phi) is 5.75. The van der Waals surface area contributed by atoms with Crippen molar-refractivity contribution in [3.8, 4) is 11.5 Å². The zero-order valence-corrected chi connectivity index (χ0v) is 13.4. The molecule has 0 fully saturated rings. The molecule has 0 aliphatic rings. The summed E-state index contributed by atoms with van der Waals surface area (Å²) >= 11 is 0. The molecule has 0 aromatic heterocycles. The third-order valence-electron chi connectivity index (χ3n) is 3.28. The highest BCUT2D eigenvalue weighted by Crippen LogP contribution is 2.28. The lowest BCUT2D eigenvalue weighted by molar-refractivity contribution is -0.385. The number of hydrogen-bond acceptors (Lipinski definition) is 9. The minimum absolute atomic E-state index is 0.0492. The van der Waals surface area contributed by atoms with Gasteiger partial charge in [-0.25, -0.2) is 0 Å². The molecule has 0 bridgehead atoms. The van der Waals surface area contributed by atoms with Gasteiger partial charge in [-0.1, -0.05) is 0 Å². The van der Waals surface area contributed by atoms with Gasteiger partial charge >= 0.3 is 0 Å². The Balaban J connectivity index is 1.95. The second kappa shape index (κ2) is 7.98. The van der Waals surface area contributed by atoms with Gasteiger partial charge in [-0.3, -0.25) is 20.2 Å². The van der Waals surface area contributed by atoms with Crippen LogP contribution in [0.15, 0.2) is 36.4 Å². The number of nitro groups is 2. The van der Waals surface area contributed by atoms with Crippen LogP contribution in [0.25, 0.3) is 0 Å². The van der Waals surface area contributed by atoms with Crippen LogP contribution in [0.2, 0.25) is 0 Å². The largest absolute Gasteiger partial charge is 0.488 e. The maximum Gasteiger partial charge on any atom is 0.273 e. The Morgan fingerprint density at radius 3 is 1.62 bits per heavy atom. The molecule has 0 saturated carbocycles. The summed E-state index contributed by atoms with van der Waals surface area (Å²) in [5.74, 6) is 0.0984. The van der Waals surface area contributed by atoms with E-state index in [1.54, 1.807) is 0 Å². The second-order valence-electron chi connectivity index (χ2n) is 5.23. The van der Waals surface area contributed by atoms with Crippen molar-refractivity contribution in [2.75, 3.05) is 24.7 Å². The molecule has 0 saturated heterocycles. The average Bonchev–Trinajstić information content (AvgIpc) is 2.59. The SMILES string of the molecule is Nc1ccc([N+](=O)[O-])cc1OCC(O)COc1cc([N+](=O)[O-])ccc1N. The van der Waals surface area contributed by atoms with E-state index in [2.05, 4.69) is 0 Å². The van der Waals surface area contributed by atoms with Crippen LogP contribution < -0.4 is 20.9 Å². The van der Waals surface area contributed by atoms with Crippen LogP contribution in [0, 0.1) is 20.2 Å². The highest BCUT2D eigenvalue weighted by molar-refractivity contribution is 5.58. The van der Waals surface area contributed by atoms with Crippen molar-refractivity contribution in [1.29, 1.82) is 0 Å². The van der Waals surface area contributed by atoms with Crippen molar-refractivity contribution in [2.45, 2.75) is 6.10 Å². The molecular weight excluding hydrogens is 348 g/mol. The number of rotatable bonds is 8. The minimum Gasteiger partial charge on any atom is -0.488 e. The van der Waals surface area contributed by atoms with Crippen LogP contribution in [0.5, 0.6) is 11.5 Å². The molecule has 11 nitrogen and oxygen atoms in total. The van der Waals surface area contributed by atoms with E-state index in [0.29, 0.717) is 0 Å². The molecule has 2 rings (SSSR count). The summed E-state index contributed by atoms with van der Waals surface area (Å²) in [7, 11) is 0. The van der Waals surface area contributed by atoms with Crippen LogP contribution in [-0.2, 0) is 0 Å². The van der Waals surface area contributed by atoms with E-state index in [9.17, 15) is 25.3 Å². The maximum atomic E-state index is 10.7. The predicted molar refractivity (Wildman–Crippen MR) is 92.0 cm³/mol. The van der Waals surface area contributed by atoms with Gasteiger partial charge in [0.05, 0.1) is 33.4 Å². The van der Waals surface area contributed by atoms with Crippen molar-refractivity contribution < 1.29 is 24.4 Å². The number of aliphatic hydroxyl groups excluding tert-OH is 1. The fourth-order valence-electron chi connectivity index (χ4n) is 1.94. The number of nitro benzene ring substituents is 2. The predicted octanol–water partition coefficient (Wildman–Crippen LogP) is 1.49. The van der Waals surface area contributed by atoms with Gasteiger partial charge in [0.25, 0.3) is 11.4 Å². The fourth-order valence-corrected chi connectivity index (χ4v) is 1.94. The van der Waals surface area contributed by atoms with Crippen molar-refractivity contribution in [2.24, 2.45) is 0 Å². The fraction of sp³-hybridized carbons (Fsp3) is 0.200. The monoisotopic (exact) mass is 364 g/mol. The number of aliphatic hydroxyl groups is 1. The molecule has 5 N–H and O–H groups in total. The Hall–Kier alpha value is -3.60. The first-order valence-corrected chi connectivity index (χ1v) is 7.29. The topological polar surface area (TPSA) is 177 Å². The first kappa shape index (κ1) is 18.7. The van der Waals surface area contributed by atoms with Crippen LogP contribution in [0.3, 0.4) is 0 Å². The van der Waals surface area contributed by atoms with E-state index < -0.39 is 16.0 Å². The average molecular weight is 364 g/mol. The minimum atomic E-state index is -1.13. The number of nitrogens with two attached hydrogens (primary N) is 2. The van der Waals surface area contributed by atoms with Gasteiger partial charge < -0.3 is 26.0 Å². The van der Waals surface area contributed by atoms with Gasteiger partial charge in [0, 0.05) is 12.1 Å². The summed E-state index contributed by atoms with van der Waals surface area (Å²) in [4.78, 5) is 20.3. The van der Waals surface area contributed by atoms with E-state index in [-0.39, 0.29) is 47.5 Å². The highest BCUT2D eigenvalue weighted by Gasteiger charge is 2.15. The molecule has 26 heavy (non-hydrogen) atoms. The number of benzene rings is 2. The van der Waals surface area contributed by atoms with E-state index >= 15 is 0 Å². The normalized spacial score (nSPS) is 10.5. The molecular formula is C15H16N4O7. The van der Waals surface area contributed by atoms with Crippen molar-refractivity contribution in [1.82, 2.24) is 0 Å². The third-order valence-corrected chi connectivity index (χ3v) is 3.28. The van der Waals surface area contributed by atoms with Crippen molar-refractivity contribution in [3.05, 3.63) is 56.6 Å². The van der Waals surface area contributed by atoms with Crippen LogP contribution in [-0.4, -0.2) is 34.3 Å². The number of hydrogen-bond donors (Lipinski definition) is 3. The summed E-state index contributed by atoms with van der Waals surface area (Å²) in [5.41, 5.74) is 11.3. The molecule has 0 radical (unpaired) electrons. The molecule has 0 unspecified atom stereocenters. The third kappa shape index (κ3) is 4.70. The van der Waals surface area contributed by atoms with Crippen LogP contribution >= 0.6 is 0 Å². The van der Waals surface area contributed by atoms with Gasteiger partial charge in [0.15, 0.2) is 0 Å². The summed E-state index contributed by atoms with van der Waals surface area (Å²) in [6.45, 7) is -0.527. The molecule has 0 atom stereocenters.